The molecule has 0 saturated carbocycles. The van der Waals surface area contributed by atoms with Crippen LogP contribution in [0.4, 0.5) is 0 Å². The molecule has 0 aliphatic heterocycles. The average Bonchev–Trinajstić information content (AvgIpc) is 2.46. The molecule has 0 fully saturated rings. The summed E-state index contributed by atoms with van der Waals surface area (Å²) < 4.78 is 5.35. The van der Waals surface area contributed by atoms with Crippen LogP contribution in [0.25, 0.3) is 0 Å². The highest BCUT2D eigenvalue weighted by molar-refractivity contribution is 6.03. The van der Waals surface area contributed by atoms with E-state index in [1.807, 2.05) is 31.2 Å². The van der Waals surface area contributed by atoms with Gasteiger partial charge in [-0.3, -0.25) is 4.79 Å². The van der Waals surface area contributed by atoms with Gasteiger partial charge in [0.05, 0.1) is 0 Å². The maximum atomic E-state index is 11.7. The number of fused-ring (bicyclic) bond motifs is 1. The van der Waals surface area contributed by atoms with Crippen LogP contribution in [0.5, 0.6) is 0 Å². The molecule has 1 aliphatic carbocycles. The molecule has 0 radical (unpaired) electrons. The van der Waals surface area contributed by atoms with Crippen LogP contribution in [0, 0.1) is 0 Å². The van der Waals surface area contributed by atoms with Crippen LogP contribution in [0.2, 0.25) is 0 Å². The summed E-state index contributed by atoms with van der Waals surface area (Å²) in [4.78, 5) is 11.7. The lowest BCUT2D eigenvalue weighted by Gasteiger charge is -2.06. The number of benzene rings is 1. The fraction of sp³-hybridized carbons (Fsp3) is 0.364. The minimum atomic E-state index is -0.234. The second kappa shape index (κ2) is 3.30. The number of rotatable bonds is 2. The molecule has 0 amide bonds. The zero-order valence-electron chi connectivity index (χ0n) is 7.62. The predicted molar refractivity (Wildman–Crippen MR) is 49.9 cm³/mol. The highest BCUT2D eigenvalue weighted by Gasteiger charge is 2.29. The number of hydrogen-bond acceptors (Lipinski definition) is 2. The Labute approximate surface area is 77.5 Å². The van der Waals surface area contributed by atoms with E-state index in [4.69, 9.17) is 4.74 Å². The molecule has 0 bridgehead atoms. The van der Waals surface area contributed by atoms with Crippen molar-refractivity contribution in [3.8, 4) is 0 Å². The van der Waals surface area contributed by atoms with Crippen molar-refractivity contribution < 1.29 is 9.53 Å². The van der Waals surface area contributed by atoms with E-state index >= 15 is 0 Å². The van der Waals surface area contributed by atoms with Crippen LogP contribution < -0.4 is 0 Å². The Balaban J connectivity index is 2.28. The van der Waals surface area contributed by atoms with E-state index in [1.165, 1.54) is 0 Å². The molecule has 0 N–H and O–H groups in total. The first-order valence-corrected chi connectivity index (χ1v) is 4.56. The van der Waals surface area contributed by atoms with Gasteiger partial charge < -0.3 is 4.74 Å². The van der Waals surface area contributed by atoms with Crippen molar-refractivity contribution in [1.29, 1.82) is 0 Å². The highest BCUT2D eigenvalue weighted by Crippen LogP contribution is 2.23. The number of carbonyl (C=O) groups excluding carboxylic acids is 1. The predicted octanol–water partition coefficient (Wildman–Crippen LogP) is 1.83. The molecule has 2 heteroatoms. The molecule has 1 atom stereocenters. The van der Waals surface area contributed by atoms with Gasteiger partial charge in [-0.15, -0.1) is 0 Å². The van der Waals surface area contributed by atoms with E-state index in [9.17, 15) is 4.79 Å². The monoisotopic (exact) mass is 176 g/mol. The molecule has 2 nitrogen and oxygen atoms in total. The van der Waals surface area contributed by atoms with Crippen LogP contribution in [0.15, 0.2) is 24.3 Å². The quantitative estimate of drug-likeness (QED) is 0.687. The van der Waals surface area contributed by atoms with Gasteiger partial charge in [-0.1, -0.05) is 24.3 Å². The lowest BCUT2D eigenvalue weighted by atomic mass is 10.1. The molecular weight excluding hydrogens is 164 g/mol. The Bertz CT molecular complexity index is 331. The second-order valence-electron chi connectivity index (χ2n) is 3.17. The van der Waals surface area contributed by atoms with Crippen LogP contribution in [0.1, 0.15) is 22.8 Å². The summed E-state index contributed by atoms with van der Waals surface area (Å²) >= 11 is 0. The maximum Gasteiger partial charge on any atom is 0.192 e. The number of hydrogen-bond donors (Lipinski definition) is 0. The van der Waals surface area contributed by atoms with Crippen molar-refractivity contribution in [2.75, 3.05) is 6.61 Å². The van der Waals surface area contributed by atoms with Gasteiger partial charge in [-0.2, -0.15) is 0 Å². The Morgan fingerprint density at radius 1 is 1.46 bits per heavy atom. The summed E-state index contributed by atoms with van der Waals surface area (Å²) in [5.41, 5.74) is 1.95. The summed E-state index contributed by atoms with van der Waals surface area (Å²) in [5.74, 6) is 0.137. The van der Waals surface area contributed by atoms with Gasteiger partial charge in [0, 0.05) is 18.6 Å². The van der Waals surface area contributed by atoms with Crippen molar-refractivity contribution >= 4 is 5.78 Å². The smallest absolute Gasteiger partial charge is 0.192 e. The van der Waals surface area contributed by atoms with Crippen LogP contribution in [-0.4, -0.2) is 18.5 Å². The third-order valence-corrected chi connectivity index (χ3v) is 2.35. The first kappa shape index (κ1) is 8.45. The molecule has 1 aliphatic rings. The minimum absolute atomic E-state index is 0.137. The number of carbonyl (C=O) groups is 1. The molecule has 68 valence electrons. The van der Waals surface area contributed by atoms with Crippen molar-refractivity contribution in [2.45, 2.75) is 19.4 Å². The van der Waals surface area contributed by atoms with Gasteiger partial charge in [0.1, 0.15) is 6.10 Å². The molecule has 0 heterocycles. The normalized spacial score (nSPS) is 20.4. The van der Waals surface area contributed by atoms with Crippen molar-refractivity contribution in [2.24, 2.45) is 0 Å². The summed E-state index contributed by atoms with van der Waals surface area (Å²) in [6.07, 6.45) is 0.505. The fourth-order valence-electron chi connectivity index (χ4n) is 1.74. The topological polar surface area (TPSA) is 26.3 Å². The SMILES string of the molecule is CCO[C@H]1Cc2ccccc2C1=O. The highest BCUT2D eigenvalue weighted by atomic mass is 16.5. The number of ether oxygens (including phenoxy) is 1. The minimum Gasteiger partial charge on any atom is -0.370 e. The van der Waals surface area contributed by atoms with Gasteiger partial charge in [0.25, 0.3) is 0 Å². The Hall–Kier alpha value is -1.15. The number of Topliss-reactive ketones (excluding diaryl/α,β-unsaturated/α-hetero) is 1. The molecule has 0 unspecified atom stereocenters. The molecule has 13 heavy (non-hydrogen) atoms. The molecule has 0 aromatic heterocycles. The van der Waals surface area contributed by atoms with Crippen molar-refractivity contribution in [3.63, 3.8) is 0 Å². The summed E-state index contributed by atoms with van der Waals surface area (Å²) in [5, 5.41) is 0. The van der Waals surface area contributed by atoms with E-state index in [0.29, 0.717) is 6.61 Å². The molecule has 1 aromatic carbocycles. The Kier molecular flexibility index (Phi) is 2.15. The van der Waals surface area contributed by atoms with Gasteiger partial charge >= 0.3 is 0 Å². The Morgan fingerprint density at radius 3 is 2.92 bits per heavy atom. The van der Waals surface area contributed by atoms with E-state index in [0.717, 1.165) is 17.5 Å². The van der Waals surface area contributed by atoms with Crippen molar-refractivity contribution in [1.82, 2.24) is 0 Å². The second-order valence-corrected chi connectivity index (χ2v) is 3.17. The van der Waals surface area contributed by atoms with Crippen LogP contribution in [0.3, 0.4) is 0 Å². The lowest BCUT2D eigenvalue weighted by molar-refractivity contribution is 0.0501. The van der Waals surface area contributed by atoms with E-state index < -0.39 is 0 Å². The number of ketones is 1. The molecule has 0 saturated heterocycles. The van der Waals surface area contributed by atoms with Crippen molar-refractivity contribution in [3.05, 3.63) is 35.4 Å². The zero-order chi connectivity index (χ0) is 9.26. The molecule has 0 spiro atoms. The summed E-state index contributed by atoms with van der Waals surface area (Å²) in [7, 11) is 0. The van der Waals surface area contributed by atoms with Gasteiger partial charge in [-0.05, 0) is 12.5 Å². The largest absolute Gasteiger partial charge is 0.370 e. The Morgan fingerprint density at radius 2 is 2.23 bits per heavy atom. The van der Waals surface area contributed by atoms with Crippen LogP contribution >= 0.6 is 0 Å². The fourth-order valence-corrected chi connectivity index (χ4v) is 1.74. The lowest BCUT2D eigenvalue weighted by Crippen LogP contribution is -2.19. The third kappa shape index (κ3) is 1.38. The van der Waals surface area contributed by atoms with E-state index in [1.54, 1.807) is 0 Å². The van der Waals surface area contributed by atoms with Gasteiger partial charge in [0.15, 0.2) is 5.78 Å². The summed E-state index contributed by atoms with van der Waals surface area (Å²) in [6.45, 7) is 2.51. The van der Waals surface area contributed by atoms with Gasteiger partial charge in [0.2, 0.25) is 0 Å². The third-order valence-electron chi connectivity index (χ3n) is 2.35. The standard InChI is InChI=1S/C11H12O2/c1-2-13-10-7-8-5-3-4-6-9(8)11(10)12/h3-6,10H,2,7H2,1H3/t10-/m0/s1. The molecular formula is C11H12O2. The van der Waals surface area contributed by atoms with Crippen LogP contribution in [-0.2, 0) is 11.2 Å². The molecule has 2 rings (SSSR count). The van der Waals surface area contributed by atoms with Gasteiger partial charge in [-0.25, -0.2) is 0 Å². The first-order chi connectivity index (χ1) is 6.33. The first-order valence-electron chi connectivity index (χ1n) is 4.56. The zero-order valence-corrected chi connectivity index (χ0v) is 7.62. The van der Waals surface area contributed by atoms with E-state index in [2.05, 4.69) is 0 Å². The molecule has 1 aromatic rings. The maximum absolute atomic E-state index is 11.7. The summed E-state index contributed by atoms with van der Waals surface area (Å²) in [6, 6.07) is 7.72. The average molecular weight is 176 g/mol. The van der Waals surface area contributed by atoms with E-state index in [-0.39, 0.29) is 11.9 Å².